The SMILES string of the molecule is Cc1cc(=O)[nH]c(-n2nc(-c3cccs3)cc2NC(=O)c2cnccn2)n1. The van der Waals surface area contributed by atoms with E-state index in [4.69, 9.17) is 0 Å². The maximum absolute atomic E-state index is 12.5. The lowest BCUT2D eigenvalue weighted by Crippen LogP contribution is -2.19. The van der Waals surface area contributed by atoms with Gasteiger partial charge in [-0.15, -0.1) is 11.3 Å². The van der Waals surface area contributed by atoms with Crippen LogP contribution in [0.3, 0.4) is 0 Å². The second kappa shape index (κ2) is 6.92. The van der Waals surface area contributed by atoms with Crippen LogP contribution in [0.4, 0.5) is 5.82 Å². The van der Waals surface area contributed by atoms with Gasteiger partial charge < -0.3 is 5.32 Å². The highest BCUT2D eigenvalue weighted by molar-refractivity contribution is 7.13. The molecule has 4 heterocycles. The molecule has 0 saturated heterocycles. The molecule has 0 aliphatic rings. The minimum Gasteiger partial charge on any atom is -0.305 e. The Labute approximate surface area is 156 Å². The Morgan fingerprint density at radius 1 is 1.30 bits per heavy atom. The molecule has 0 saturated carbocycles. The van der Waals surface area contributed by atoms with Crippen molar-refractivity contribution in [1.29, 1.82) is 0 Å². The topological polar surface area (TPSA) is 118 Å². The number of nitrogens with one attached hydrogen (secondary N) is 2. The number of thiophene rings is 1. The minimum absolute atomic E-state index is 0.161. The molecule has 27 heavy (non-hydrogen) atoms. The van der Waals surface area contributed by atoms with Gasteiger partial charge in [0, 0.05) is 30.2 Å². The number of hydrogen-bond donors (Lipinski definition) is 2. The van der Waals surface area contributed by atoms with Gasteiger partial charge in [0.05, 0.1) is 11.1 Å². The van der Waals surface area contributed by atoms with E-state index in [2.05, 4.69) is 30.4 Å². The van der Waals surface area contributed by atoms with E-state index in [0.29, 0.717) is 17.2 Å². The number of carbonyl (C=O) groups excluding carboxylic acids is 1. The smallest absolute Gasteiger partial charge is 0.277 e. The van der Waals surface area contributed by atoms with Crippen LogP contribution < -0.4 is 10.9 Å². The summed E-state index contributed by atoms with van der Waals surface area (Å²) in [6.45, 7) is 1.71. The van der Waals surface area contributed by atoms with Gasteiger partial charge in [0.25, 0.3) is 11.5 Å². The number of rotatable bonds is 4. The predicted molar refractivity (Wildman–Crippen MR) is 100 cm³/mol. The van der Waals surface area contributed by atoms with Gasteiger partial charge in [-0.25, -0.2) is 9.97 Å². The van der Waals surface area contributed by atoms with Crippen molar-refractivity contribution in [1.82, 2.24) is 29.7 Å². The summed E-state index contributed by atoms with van der Waals surface area (Å²) in [5.74, 6) is 0.108. The number of aryl methyl sites for hydroxylation is 1. The summed E-state index contributed by atoms with van der Waals surface area (Å²) in [5, 5.41) is 9.17. The van der Waals surface area contributed by atoms with E-state index in [-0.39, 0.29) is 17.2 Å². The summed E-state index contributed by atoms with van der Waals surface area (Å²) in [5.41, 5.74) is 1.03. The molecular formula is C17H13N7O2S. The van der Waals surface area contributed by atoms with E-state index in [0.717, 1.165) is 4.88 Å². The number of aromatic amines is 1. The van der Waals surface area contributed by atoms with Gasteiger partial charge in [0.1, 0.15) is 17.2 Å². The molecule has 9 nitrogen and oxygen atoms in total. The summed E-state index contributed by atoms with van der Waals surface area (Å²) in [4.78, 5) is 40.1. The monoisotopic (exact) mass is 379 g/mol. The molecule has 0 bridgehead atoms. The first-order chi connectivity index (χ1) is 13.1. The molecule has 0 unspecified atom stereocenters. The van der Waals surface area contributed by atoms with Crippen molar-refractivity contribution in [3.8, 4) is 16.5 Å². The first-order valence-electron chi connectivity index (χ1n) is 7.90. The zero-order valence-corrected chi connectivity index (χ0v) is 14.9. The van der Waals surface area contributed by atoms with Crippen molar-refractivity contribution in [2.45, 2.75) is 6.92 Å². The molecule has 134 valence electrons. The fraction of sp³-hybridized carbons (Fsp3) is 0.0588. The summed E-state index contributed by atoms with van der Waals surface area (Å²) >= 11 is 1.51. The van der Waals surface area contributed by atoms with Crippen molar-refractivity contribution in [2.24, 2.45) is 0 Å². The molecule has 10 heteroatoms. The van der Waals surface area contributed by atoms with Gasteiger partial charge in [0.2, 0.25) is 5.95 Å². The number of carbonyl (C=O) groups is 1. The van der Waals surface area contributed by atoms with Crippen LogP contribution in [0.5, 0.6) is 0 Å². The van der Waals surface area contributed by atoms with Crippen LogP contribution in [0, 0.1) is 6.92 Å². The lowest BCUT2D eigenvalue weighted by atomic mass is 10.3. The Bertz CT molecular complexity index is 1150. The summed E-state index contributed by atoms with van der Waals surface area (Å²) in [6, 6.07) is 6.91. The van der Waals surface area contributed by atoms with Crippen LogP contribution in [0.25, 0.3) is 16.5 Å². The van der Waals surface area contributed by atoms with Gasteiger partial charge in [-0.1, -0.05) is 6.07 Å². The highest BCUT2D eigenvalue weighted by Crippen LogP contribution is 2.27. The largest absolute Gasteiger partial charge is 0.305 e. The van der Waals surface area contributed by atoms with Gasteiger partial charge in [-0.05, 0) is 18.4 Å². The lowest BCUT2D eigenvalue weighted by molar-refractivity contribution is 0.102. The highest BCUT2D eigenvalue weighted by atomic mass is 32.1. The maximum atomic E-state index is 12.5. The van der Waals surface area contributed by atoms with E-state index < -0.39 is 5.91 Å². The predicted octanol–water partition coefficient (Wildman–Crippen LogP) is 2.03. The normalized spacial score (nSPS) is 10.7. The molecular weight excluding hydrogens is 366 g/mol. The number of aromatic nitrogens is 6. The van der Waals surface area contributed by atoms with Gasteiger partial charge in [0.15, 0.2) is 0 Å². The molecule has 4 aromatic heterocycles. The maximum Gasteiger partial charge on any atom is 0.277 e. The van der Waals surface area contributed by atoms with Crippen LogP contribution in [-0.2, 0) is 0 Å². The summed E-state index contributed by atoms with van der Waals surface area (Å²) in [6.07, 6.45) is 4.28. The van der Waals surface area contributed by atoms with Gasteiger partial charge in [-0.3, -0.25) is 19.6 Å². The third-order valence-electron chi connectivity index (χ3n) is 3.58. The third kappa shape index (κ3) is 3.51. The van der Waals surface area contributed by atoms with Crippen LogP contribution >= 0.6 is 11.3 Å². The number of hydrogen-bond acceptors (Lipinski definition) is 7. The summed E-state index contributed by atoms with van der Waals surface area (Å²) in [7, 11) is 0. The fourth-order valence-electron chi connectivity index (χ4n) is 2.44. The molecule has 0 fully saturated rings. The average molecular weight is 379 g/mol. The van der Waals surface area contributed by atoms with Crippen molar-refractivity contribution in [3.63, 3.8) is 0 Å². The molecule has 0 spiro atoms. The number of anilines is 1. The molecule has 0 radical (unpaired) electrons. The minimum atomic E-state index is -0.447. The van der Waals surface area contributed by atoms with E-state index >= 15 is 0 Å². The molecule has 0 aliphatic heterocycles. The van der Waals surface area contributed by atoms with Crippen molar-refractivity contribution < 1.29 is 4.79 Å². The quantitative estimate of drug-likeness (QED) is 0.560. The first-order valence-corrected chi connectivity index (χ1v) is 8.78. The van der Waals surface area contributed by atoms with Crippen LogP contribution in [-0.4, -0.2) is 35.6 Å². The Balaban J connectivity index is 1.79. The van der Waals surface area contributed by atoms with Crippen molar-refractivity contribution in [2.75, 3.05) is 5.32 Å². The van der Waals surface area contributed by atoms with E-state index in [1.54, 1.807) is 13.0 Å². The van der Waals surface area contributed by atoms with Crippen LogP contribution in [0.2, 0.25) is 0 Å². The average Bonchev–Trinajstić information content (AvgIpc) is 3.31. The van der Waals surface area contributed by atoms with Crippen molar-refractivity contribution >= 4 is 23.1 Å². The number of nitrogens with zero attached hydrogens (tertiary/aromatic N) is 5. The highest BCUT2D eigenvalue weighted by Gasteiger charge is 2.17. The molecule has 0 aliphatic carbocycles. The lowest BCUT2D eigenvalue weighted by Gasteiger charge is -2.07. The number of H-pyrrole nitrogens is 1. The zero-order chi connectivity index (χ0) is 18.8. The van der Waals surface area contributed by atoms with Crippen LogP contribution in [0.15, 0.2) is 53.0 Å². The molecule has 0 atom stereocenters. The second-order valence-electron chi connectivity index (χ2n) is 5.56. The Morgan fingerprint density at radius 3 is 2.89 bits per heavy atom. The Hall–Kier alpha value is -3.66. The molecule has 4 aromatic rings. The summed E-state index contributed by atoms with van der Waals surface area (Å²) < 4.78 is 1.39. The Morgan fingerprint density at radius 2 is 2.19 bits per heavy atom. The van der Waals surface area contributed by atoms with Crippen molar-refractivity contribution in [3.05, 3.63) is 70.0 Å². The molecule has 4 rings (SSSR count). The number of amides is 1. The Kier molecular flexibility index (Phi) is 4.30. The van der Waals surface area contributed by atoms with E-state index in [1.807, 2.05) is 17.5 Å². The first kappa shape index (κ1) is 16.8. The third-order valence-corrected chi connectivity index (χ3v) is 4.47. The molecule has 0 aromatic carbocycles. The van der Waals surface area contributed by atoms with E-state index in [1.165, 1.54) is 40.7 Å². The fourth-order valence-corrected chi connectivity index (χ4v) is 3.12. The molecule has 1 amide bonds. The van der Waals surface area contributed by atoms with E-state index in [9.17, 15) is 9.59 Å². The van der Waals surface area contributed by atoms with Gasteiger partial charge >= 0.3 is 0 Å². The standard InChI is InChI=1S/C17H13N7O2S/c1-10-7-15(25)22-17(20-10)24-14(8-11(23-24)13-3-2-6-27-13)21-16(26)12-9-18-4-5-19-12/h2-9H,1H3,(H,21,26)(H,20,22,25). The second-order valence-corrected chi connectivity index (χ2v) is 6.51. The van der Waals surface area contributed by atoms with Gasteiger partial charge in [-0.2, -0.15) is 9.78 Å². The molecule has 2 N–H and O–H groups in total. The zero-order valence-electron chi connectivity index (χ0n) is 14.1. The van der Waals surface area contributed by atoms with Crippen LogP contribution in [0.1, 0.15) is 16.2 Å².